The van der Waals surface area contributed by atoms with Crippen LogP contribution in [-0.4, -0.2) is 17.3 Å². The van der Waals surface area contributed by atoms with E-state index in [0.29, 0.717) is 10.8 Å². The molecular formula is C12H14ClN3O. The second-order valence-corrected chi connectivity index (χ2v) is 4.13. The Hall–Kier alpha value is -1.68. The van der Waals surface area contributed by atoms with Gasteiger partial charge >= 0.3 is 0 Å². The Morgan fingerprint density at radius 1 is 1.41 bits per heavy atom. The number of anilines is 1. The summed E-state index contributed by atoms with van der Waals surface area (Å²) >= 11 is 6.10. The predicted octanol–water partition coefficient (Wildman–Crippen LogP) is 2.88. The highest BCUT2D eigenvalue weighted by Gasteiger charge is 2.15. The molecule has 0 fully saturated rings. The molecule has 90 valence electrons. The van der Waals surface area contributed by atoms with Crippen molar-refractivity contribution < 1.29 is 4.74 Å². The molecule has 1 aromatic carbocycles. The number of aromatic amines is 1. The van der Waals surface area contributed by atoms with Gasteiger partial charge in [0.25, 0.3) is 0 Å². The summed E-state index contributed by atoms with van der Waals surface area (Å²) in [7, 11) is 1.64. The molecule has 0 spiro atoms. The summed E-state index contributed by atoms with van der Waals surface area (Å²) in [5.41, 5.74) is 8.54. The van der Waals surface area contributed by atoms with Crippen LogP contribution >= 0.6 is 11.6 Å². The van der Waals surface area contributed by atoms with Crippen LogP contribution in [0.2, 0.25) is 5.02 Å². The fourth-order valence-electron chi connectivity index (χ4n) is 1.86. The molecule has 2 rings (SSSR count). The third-order valence-electron chi connectivity index (χ3n) is 2.67. The van der Waals surface area contributed by atoms with Crippen molar-refractivity contribution in [3.05, 3.63) is 28.9 Å². The summed E-state index contributed by atoms with van der Waals surface area (Å²) in [5, 5.41) is 7.28. The highest BCUT2D eigenvalue weighted by Crippen LogP contribution is 2.38. The molecule has 0 bridgehead atoms. The number of aromatic nitrogens is 2. The minimum Gasteiger partial charge on any atom is -0.496 e. The number of benzene rings is 1. The molecule has 0 atom stereocenters. The molecule has 0 aliphatic heterocycles. The third-order valence-corrected chi connectivity index (χ3v) is 2.89. The Balaban J connectivity index is 2.68. The molecule has 0 amide bonds. The first-order chi connectivity index (χ1) is 8.17. The lowest BCUT2D eigenvalue weighted by molar-refractivity contribution is 0.412. The Labute approximate surface area is 105 Å². The van der Waals surface area contributed by atoms with E-state index in [9.17, 15) is 0 Å². The summed E-state index contributed by atoms with van der Waals surface area (Å²) < 4.78 is 5.45. The number of rotatable bonds is 3. The Kier molecular flexibility index (Phi) is 3.24. The lowest BCUT2D eigenvalue weighted by Crippen LogP contribution is -1.96. The van der Waals surface area contributed by atoms with E-state index in [1.165, 1.54) is 0 Å². The molecule has 0 aliphatic rings. The minimum atomic E-state index is 0.507. The van der Waals surface area contributed by atoms with E-state index in [4.69, 9.17) is 22.1 Å². The maximum atomic E-state index is 6.10. The molecule has 2 aromatic rings. The van der Waals surface area contributed by atoms with Gasteiger partial charge in [-0.25, -0.2) is 0 Å². The molecular weight excluding hydrogens is 238 g/mol. The van der Waals surface area contributed by atoms with Crippen LogP contribution in [0.5, 0.6) is 5.75 Å². The molecule has 3 N–H and O–H groups in total. The Morgan fingerprint density at radius 3 is 2.71 bits per heavy atom. The average molecular weight is 252 g/mol. The Morgan fingerprint density at radius 2 is 2.18 bits per heavy atom. The summed E-state index contributed by atoms with van der Waals surface area (Å²) in [4.78, 5) is 0. The number of nitrogens with zero attached hydrogens (tertiary/aromatic N) is 1. The van der Waals surface area contributed by atoms with Gasteiger partial charge in [-0.1, -0.05) is 18.5 Å². The van der Waals surface area contributed by atoms with Gasteiger partial charge in [0.15, 0.2) is 0 Å². The number of nitrogens with one attached hydrogen (secondary N) is 1. The van der Waals surface area contributed by atoms with Crippen molar-refractivity contribution in [2.24, 2.45) is 0 Å². The van der Waals surface area contributed by atoms with Gasteiger partial charge < -0.3 is 10.5 Å². The second kappa shape index (κ2) is 4.67. The first-order valence-corrected chi connectivity index (χ1v) is 5.70. The highest BCUT2D eigenvalue weighted by atomic mass is 35.5. The molecule has 1 heterocycles. The first kappa shape index (κ1) is 11.8. The lowest BCUT2D eigenvalue weighted by atomic mass is 10.0. The third kappa shape index (κ3) is 2.08. The van der Waals surface area contributed by atoms with Gasteiger partial charge in [0.1, 0.15) is 11.6 Å². The van der Waals surface area contributed by atoms with E-state index >= 15 is 0 Å². The van der Waals surface area contributed by atoms with Crippen LogP contribution < -0.4 is 10.5 Å². The van der Waals surface area contributed by atoms with Gasteiger partial charge in [-0.2, -0.15) is 5.10 Å². The normalized spacial score (nSPS) is 10.5. The summed E-state index contributed by atoms with van der Waals surface area (Å²) in [6.45, 7) is 2.05. The lowest BCUT2D eigenvalue weighted by Gasteiger charge is -2.13. The number of halogens is 1. The van der Waals surface area contributed by atoms with Crippen LogP contribution in [0.3, 0.4) is 0 Å². The number of nitrogens with two attached hydrogens (primary N) is 1. The number of methoxy groups -OCH3 is 1. The van der Waals surface area contributed by atoms with Crippen LogP contribution in [0.25, 0.3) is 11.1 Å². The number of hydrogen-bond acceptors (Lipinski definition) is 3. The van der Waals surface area contributed by atoms with Crippen molar-refractivity contribution >= 4 is 17.4 Å². The summed E-state index contributed by atoms with van der Waals surface area (Å²) in [5.74, 6) is 1.30. The van der Waals surface area contributed by atoms with E-state index in [1.807, 2.05) is 12.1 Å². The molecule has 5 heteroatoms. The standard InChI is InChI=1S/C12H14ClN3O/c1-3-7-4-8(13)5-9(11(7)17-2)10-6-15-16-12(10)14/h4-6H,3H2,1-2H3,(H3,14,15,16). The summed E-state index contributed by atoms with van der Waals surface area (Å²) in [6, 6.07) is 3.74. The molecule has 17 heavy (non-hydrogen) atoms. The Bertz CT molecular complexity index is 537. The van der Waals surface area contributed by atoms with Gasteiger partial charge in [-0.3, -0.25) is 5.10 Å². The maximum absolute atomic E-state index is 6.10. The zero-order chi connectivity index (χ0) is 12.4. The highest BCUT2D eigenvalue weighted by molar-refractivity contribution is 6.31. The van der Waals surface area contributed by atoms with Gasteiger partial charge in [-0.05, 0) is 24.1 Å². The maximum Gasteiger partial charge on any atom is 0.130 e. The number of aryl methyl sites for hydroxylation is 1. The average Bonchev–Trinajstić information content (AvgIpc) is 2.74. The predicted molar refractivity (Wildman–Crippen MR) is 69.4 cm³/mol. The minimum absolute atomic E-state index is 0.507. The van der Waals surface area contributed by atoms with Crippen LogP contribution in [0.1, 0.15) is 12.5 Å². The van der Waals surface area contributed by atoms with Crippen LogP contribution in [-0.2, 0) is 6.42 Å². The fraction of sp³-hybridized carbons (Fsp3) is 0.250. The number of H-pyrrole nitrogens is 1. The quantitative estimate of drug-likeness (QED) is 0.882. The molecule has 4 nitrogen and oxygen atoms in total. The van der Waals surface area contributed by atoms with Crippen molar-refractivity contribution in [1.82, 2.24) is 10.2 Å². The van der Waals surface area contributed by atoms with Crippen molar-refractivity contribution in [3.63, 3.8) is 0 Å². The first-order valence-electron chi connectivity index (χ1n) is 5.33. The van der Waals surface area contributed by atoms with Crippen molar-refractivity contribution in [3.8, 4) is 16.9 Å². The smallest absolute Gasteiger partial charge is 0.130 e. The molecule has 0 saturated carbocycles. The zero-order valence-corrected chi connectivity index (χ0v) is 10.5. The van der Waals surface area contributed by atoms with Crippen molar-refractivity contribution in [2.45, 2.75) is 13.3 Å². The number of ether oxygens (including phenoxy) is 1. The van der Waals surface area contributed by atoms with Gasteiger partial charge in [0.05, 0.1) is 13.3 Å². The second-order valence-electron chi connectivity index (χ2n) is 3.70. The van der Waals surface area contributed by atoms with Crippen LogP contribution in [0.4, 0.5) is 5.82 Å². The van der Waals surface area contributed by atoms with E-state index in [0.717, 1.165) is 28.9 Å². The van der Waals surface area contributed by atoms with E-state index < -0.39 is 0 Å². The molecule has 0 unspecified atom stereocenters. The monoisotopic (exact) mass is 251 g/mol. The molecule has 0 radical (unpaired) electrons. The molecule has 1 aromatic heterocycles. The van der Waals surface area contributed by atoms with Gasteiger partial charge in [-0.15, -0.1) is 0 Å². The SMILES string of the molecule is CCc1cc(Cl)cc(-c2cn[nH]c2N)c1OC. The molecule has 0 aliphatic carbocycles. The van der Waals surface area contributed by atoms with E-state index in [1.54, 1.807) is 13.3 Å². The summed E-state index contributed by atoms with van der Waals surface area (Å²) in [6.07, 6.45) is 2.51. The van der Waals surface area contributed by atoms with E-state index in [-0.39, 0.29) is 0 Å². The van der Waals surface area contributed by atoms with Crippen LogP contribution in [0.15, 0.2) is 18.3 Å². The van der Waals surface area contributed by atoms with E-state index in [2.05, 4.69) is 17.1 Å². The number of nitrogen functional groups attached to an aromatic ring is 1. The zero-order valence-electron chi connectivity index (χ0n) is 9.75. The van der Waals surface area contributed by atoms with Crippen LogP contribution in [0, 0.1) is 0 Å². The largest absolute Gasteiger partial charge is 0.496 e. The van der Waals surface area contributed by atoms with Gasteiger partial charge in [0.2, 0.25) is 0 Å². The van der Waals surface area contributed by atoms with Crippen molar-refractivity contribution in [1.29, 1.82) is 0 Å². The van der Waals surface area contributed by atoms with Crippen molar-refractivity contribution in [2.75, 3.05) is 12.8 Å². The molecule has 0 saturated heterocycles. The number of hydrogen-bond donors (Lipinski definition) is 2. The van der Waals surface area contributed by atoms with Gasteiger partial charge in [0, 0.05) is 16.1 Å². The topological polar surface area (TPSA) is 63.9 Å². The fourth-order valence-corrected chi connectivity index (χ4v) is 2.11.